The Kier molecular flexibility index (Phi) is 6.84. The summed E-state index contributed by atoms with van der Waals surface area (Å²) in [5.41, 5.74) is 1.54. The minimum Gasteiger partial charge on any atom is -0.497 e. The van der Waals surface area contributed by atoms with E-state index >= 15 is 0 Å². The van der Waals surface area contributed by atoms with E-state index in [9.17, 15) is 8.42 Å². The predicted molar refractivity (Wildman–Crippen MR) is 118 cm³/mol. The number of sulfonamides is 1. The highest BCUT2D eigenvalue weighted by molar-refractivity contribution is 7.93. The number of anilines is 1. The van der Waals surface area contributed by atoms with Crippen molar-refractivity contribution in [1.29, 1.82) is 0 Å². The zero-order valence-corrected chi connectivity index (χ0v) is 19.4. The largest absolute Gasteiger partial charge is 0.497 e. The van der Waals surface area contributed by atoms with E-state index in [2.05, 4.69) is 9.36 Å². The zero-order chi connectivity index (χ0) is 21.9. The Bertz CT molecular complexity index is 1120. The monoisotopic (exact) mass is 467 g/mol. The van der Waals surface area contributed by atoms with Crippen molar-refractivity contribution in [2.45, 2.75) is 31.2 Å². The van der Waals surface area contributed by atoms with Crippen LogP contribution in [-0.2, 0) is 16.6 Å². The molecule has 0 aliphatic carbocycles. The quantitative estimate of drug-likeness (QED) is 0.476. The minimum atomic E-state index is -3.96. The first-order valence-electron chi connectivity index (χ1n) is 9.07. The Morgan fingerprint density at radius 2 is 1.90 bits per heavy atom. The molecule has 0 spiro atoms. The number of hydrogen-bond donors (Lipinski definition) is 0. The van der Waals surface area contributed by atoms with Gasteiger partial charge >= 0.3 is 0 Å². The van der Waals surface area contributed by atoms with Gasteiger partial charge in [-0.2, -0.15) is 4.37 Å². The third-order valence-electron chi connectivity index (χ3n) is 4.55. The van der Waals surface area contributed by atoms with Crippen LogP contribution in [0.15, 0.2) is 47.6 Å². The zero-order valence-electron chi connectivity index (χ0n) is 17.0. The van der Waals surface area contributed by atoms with E-state index in [0.29, 0.717) is 22.1 Å². The molecule has 0 atom stereocenters. The summed E-state index contributed by atoms with van der Waals surface area (Å²) in [4.78, 5) is 4.20. The van der Waals surface area contributed by atoms with Gasteiger partial charge in [0.05, 0.1) is 25.7 Å². The van der Waals surface area contributed by atoms with Crippen LogP contribution in [0, 0.1) is 0 Å². The molecular formula is C20H22ClN3O4S2. The summed E-state index contributed by atoms with van der Waals surface area (Å²) in [5, 5.41) is 0.655. The maximum absolute atomic E-state index is 13.5. The molecule has 3 aromatic rings. The molecule has 0 saturated heterocycles. The van der Waals surface area contributed by atoms with Gasteiger partial charge in [0.15, 0.2) is 0 Å². The molecule has 0 radical (unpaired) electrons. The molecule has 3 rings (SSSR count). The van der Waals surface area contributed by atoms with Crippen LogP contribution in [0.1, 0.15) is 30.9 Å². The topological polar surface area (TPSA) is 81.6 Å². The van der Waals surface area contributed by atoms with Gasteiger partial charge < -0.3 is 9.47 Å². The lowest BCUT2D eigenvalue weighted by Crippen LogP contribution is -2.30. The van der Waals surface area contributed by atoms with Crippen LogP contribution in [0.25, 0.3) is 0 Å². The van der Waals surface area contributed by atoms with Gasteiger partial charge in [-0.15, -0.1) is 0 Å². The fourth-order valence-electron chi connectivity index (χ4n) is 2.93. The maximum atomic E-state index is 13.5. The predicted octanol–water partition coefficient (Wildman–Crippen LogP) is 4.73. The van der Waals surface area contributed by atoms with Crippen LogP contribution in [0.3, 0.4) is 0 Å². The lowest BCUT2D eigenvalue weighted by molar-refractivity contribution is 0.391. The van der Waals surface area contributed by atoms with Gasteiger partial charge in [0, 0.05) is 28.2 Å². The van der Waals surface area contributed by atoms with Crippen LogP contribution in [0.5, 0.6) is 11.5 Å². The number of benzene rings is 2. The molecule has 0 bridgehead atoms. The molecule has 0 aliphatic heterocycles. The first-order valence-corrected chi connectivity index (χ1v) is 11.7. The Hall–Kier alpha value is -2.36. The number of ether oxygens (including phenoxy) is 2. The average molecular weight is 468 g/mol. The van der Waals surface area contributed by atoms with Crippen molar-refractivity contribution in [2.24, 2.45) is 0 Å². The fourth-order valence-corrected chi connectivity index (χ4v) is 5.55. The van der Waals surface area contributed by atoms with E-state index in [1.54, 1.807) is 37.4 Å². The number of halogens is 1. The summed E-state index contributed by atoms with van der Waals surface area (Å²) in [6.45, 7) is 4.01. The van der Waals surface area contributed by atoms with Gasteiger partial charge in [-0.3, -0.25) is 0 Å². The van der Waals surface area contributed by atoms with E-state index < -0.39 is 10.0 Å². The number of rotatable bonds is 8. The molecule has 2 aromatic carbocycles. The van der Waals surface area contributed by atoms with Crippen molar-refractivity contribution in [3.8, 4) is 11.5 Å². The van der Waals surface area contributed by atoms with Crippen molar-refractivity contribution in [1.82, 2.24) is 9.36 Å². The first-order chi connectivity index (χ1) is 14.3. The molecule has 1 heterocycles. The molecule has 160 valence electrons. The molecule has 0 unspecified atom stereocenters. The third kappa shape index (κ3) is 4.53. The van der Waals surface area contributed by atoms with Gasteiger partial charge in [-0.05, 0) is 35.7 Å². The van der Waals surface area contributed by atoms with Gasteiger partial charge in [-0.1, -0.05) is 31.5 Å². The Morgan fingerprint density at radius 1 is 1.13 bits per heavy atom. The minimum absolute atomic E-state index is 0.00818. The highest BCUT2D eigenvalue weighted by atomic mass is 35.5. The number of hydrogen-bond acceptors (Lipinski definition) is 7. The SMILES string of the molecule is COc1ccc(CN(c2ncns2)S(=O)(=O)c2ccc(C(C)C)c(Cl)c2)c(OC)c1. The Labute approximate surface area is 185 Å². The smallest absolute Gasteiger partial charge is 0.266 e. The molecule has 30 heavy (non-hydrogen) atoms. The van der Waals surface area contributed by atoms with E-state index in [4.69, 9.17) is 21.1 Å². The van der Waals surface area contributed by atoms with Gasteiger partial charge in [0.25, 0.3) is 10.0 Å². The van der Waals surface area contributed by atoms with Crippen molar-refractivity contribution in [2.75, 3.05) is 18.5 Å². The van der Waals surface area contributed by atoms with Crippen LogP contribution in [0.2, 0.25) is 5.02 Å². The molecule has 0 amide bonds. The second-order valence-electron chi connectivity index (χ2n) is 6.75. The molecular weight excluding hydrogens is 446 g/mol. The maximum Gasteiger partial charge on any atom is 0.266 e. The Balaban J connectivity index is 2.06. The molecule has 0 N–H and O–H groups in total. The summed E-state index contributed by atoms with van der Waals surface area (Å²) >= 11 is 7.35. The number of aromatic nitrogens is 2. The average Bonchev–Trinajstić information content (AvgIpc) is 3.25. The van der Waals surface area contributed by atoms with E-state index in [0.717, 1.165) is 17.1 Å². The van der Waals surface area contributed by atoms with Crippen LogP contribution in [-0.4, -0.2) is 32.0 Å². The number of nitrogens with zero attached hydrogens (tertiary/aromatic N) is 3. The molecule has 0 fully saturated rings. The van der Waals surface area contributed by atoms with Gasteiger partial charge in [-0.25, -0.2) is 17.7 Å². The standard InChI is InChI=1S/C20H22ClN3O4S2/c1-13(2)17-8-7-16(10-18(17)21)30(25,26)24(20-22-12-23-29-20)11-14-5-6-15(27-3)9-19(14)28-4/h5-10,12-13H,11H2,1-4H3. The van der Waals surface area contributed by atoms with Gasteiger partial charge in [0.2, 0.25) is 5.13 Å². The molecule has 0 aliphatic rings. The lowest BCUT2D eigenvalue weighted by atomic mass is 10.0. The van der Waals surface area contributed by atoms with E-state index in [1.807, 2.05) is 13.8 Å². The first kappa shape index (κ1) is 22.3. The summed E-state index contributed by atoms with van der Waals surface area (Å²) in [6.07, 6.45) is 1.32. The summed E-state index contributed by atoms with van der Waals surface area (Å²) in [7, 11) is -0.885. The van der Waals surface area contributed by atoms with Crippen molar-refractivity contribution in [3.05, 3.63) is 58.9 Å². The highest BCUT2D eigenvalue weighted by Gasteiger charge is 2.29. The highest BCUT2D eigenvalue weighted by Crippen LogP contribution is 2.33. The lowest BCUT2D eigenvalue weighted by Gasteiger charge is -2.23. The summed E-state index contributed by atoms with van der Waals surface area (Å²) in [5.74, 6) is 1.29. The number of methoxy groups -OCH3 is 2. The molecule has 1 aromatic heterocycles. The Morgan fingerprint density at radius 3 is 2.47 bits per heavy atom. The molecule has 0 saturated carbocycles. The van der Waals surface area contributed by atoms with Crippen LogP contribution in [0.4, 0.5) is 5.13 Å². The molecule has 7 nitrogen and oxygen atoms in total. The normalized spacial score (nSPS) is 11.5. The second-order valence-corrected chi connectivity index (χ2v) is 9.78. The van der Waals surface area contributed by atoms with Crippen molar-refractivity contribution >= 4 is 38.3 Å². The van der Waals surface area contributed by atoms with Crippen molar-refractivity contribution < 1.29 is 17.9 Å². The van der Waals surface area contributed by atoms with Crippen molar-refractivity contribution in [3.63, 3.8) is 0 Å². The summed E-state index contributed by atoms with van der Waals surface area (Å²) in [6, 6.07) is 10.00. The van der Waals surface area contributed by atoms with E-state index in [1.165, 1.54) is 23.8 Å². The fraction of sp³-hybridized carbons (Fsp3) is 0.300. The third-order valence-corrected chi connectivity index (χ3v) is 7.42. The van der Waals surface area contributed by atoms with E-state index in [-0.39, 0.29) is 22.5 Å². The van der Waals surface area contributed by atoms with Gasteiger partial charge in [0.1, 0.15) is 17.8 Å². The van der Waals surface area contributed by atoms with Crippen LogP contribution >= 0.6 is 23.1 Å². The van der Waals surface area contributed by atoms with Crippen LogP contribution < -0.4 is 13.8 Å². The molecule has 10 heteroatoms. The summed E-state index contributed by atoms with van der Waals surface area (Å²) < 4.78 is 42.9. The second kappa shape index (κ2) is 9.20.